The molecule has 2 heterocycles. The van der Waals surface area contributed by atoms with E-state index in [1.807, 2.05) is 36.6 Å². The molecular weight excluding hydrogens is 418 g/mol. The molecular formula is C25H25N5OS. The lowest BCUT2D eigenvalue weighted by Crippen LogP contribution is -2.25. The topological polar surface area (TPSA) is 79.8 Å². The number of carbonyl (C=O) groups excluding carboxylic acids is 1. The molecule has 4 aromatic rings. The molecule has 0 atom stereocenters. The van der Waals surface area contributed by atoms with Gasteiger partial charge in [-0.15, -0.1) is 11.8 Å². The van der Waals surface area contributed by atoms with Gasteiger partial charge in [0, 0.05) is 18.1 Å². The van der Waals surface area contributed by atoms with Crippen molar-refractivity contribution in [2.45, 2.75) is 24.4 Å². The molecule has 0 aliphatic carbocycles. The molecule has 0 unspecified atom stereocenters. The number of anilines is 1. The Morgan fingerprint density at radius 2 is 1.78 bits per heavy atom. The maximum Gasteiger partial charge on any atom is 0.254 e. The Morgan fingerprint density at radius 1 is 0.969 bits per heavy atom. The fourth-order valence-electron chi connectivity index (χ4n) is 3.46. The second kappa shape index (κ2) is 10.7. The highest BCUT2D eigenvalue weighted by Gasteiger charge is 2.13. The Kier molecular flexibility index (Phi) is 7.30. The number of carbonyl (C=O) groups is 1. The maximum absolute atomic E-state index is 12.7. The third-order valence-corrected chi connectivity index (χ3v) is 5.76. The van der Waals surface area contributed by atoms with Gasteiger partial charge < -0.3 is 10.6 Å². The first kappa shape index (κ1) is 21.8. The Balaban J connectivity index is 1.44. The summed E-state index contributed by atoms with van der Waals surface area (Å²) in [5.74, 6) is 1.17. The van der Waals surface area contributed by atoms with Crippen LogP contribution in [-0.2, 0) is 13.0 Å². The number of para-hydroxylation sites is 1. The van der Waals surface area contributed by atoms with E-state index < -0.39 is 0 Å². The third-order valence-electron chi connectivity index (χ3n) is 5.04. The van der Waals surface area contributed by atoms with Gasteiger partial charge in [-0.1, -0.05) is 42.5 Å². The van der Waals surface area contributed by atoms with Crippen molar-refractivity contribution in [2.75, 3.05) is 18.1 Å². The first-order chi connectivity index (χ1) is 15.7. The summed E-state index contributed by atoms with van der Waals surface area (Å²) in [6, 6.07) is 21.9. The van der Waals surface area contributed by atoms with Crippen LogP contribution in [0.3, 0.4) is 0 Å². The monoisotopic (exact) mass is 443 g/mol. The third kappa shape index (κ3) is 5.42. The lowest BCUT2D eigenvalue weighted by Gasteiger charge is -2.12. The minimum Gasteiger partial charge on any atom is -0.369 e. The summed E-state index contributed by atoms with van der Waals surface area (Å²) in [5, 5.41) is 8.06. The molecule has 0 aliphatic heterocycles. The smallest absolute Gasteiger partial charge is 0.254 e. The molecule has 0 radical (unpaired) electrons. The lowest BCUT2D eigenvalue weighted by atomic mass is 10.1. The van der Waals surface area contributed by atoms with Crippen LogP contribution in [0.5, 0.6) is 0 Å². The minimum absolute atomic E-state index is 0.184. The molecule has 7 heteroatoms. The Labute approximate surface area is 191 Å². The molecule has 1 amide bonds. The summed E-state index contributed by atoms with van der Waals surface area (Å²) in [6.45, 7) is 1.04. The zero-order chi connectivity index (χ0) is 22.2. The van der Waals surface area contributed by atoms with Crippen molar-refractivity contribution in [2.24, 2.45) is 0 Å². The number of aromatic nitrogens is 3. The number of benzene rings is 2. The quantitative estimate of drug-likeness (QED) is 0.288. The molecule has 0 fully saturated rings. The number of thioether (sulfide) groups is 1. The molecule has 0 saturated heterocycles. The number of fused-ring (bicyclic) bond motifs is 1. The van der Waals surface area contributed by atoms with Crippen molar-refractivity contribution >= 4 is 34.4 Å². The van der Waals surface area contributed by atoms with Gasteiger partial charge in [-0.25, -0.2) is 15.0 Å². The number of nitrogens with one attached hydrogen (secondary N) is 2. The van der Waals surface area contributed by atoms with Gasteiger partial charge in [-0.2, -0.15) is 0 Å². The van der Waals surface area contributed by atoms with E-state index in [-0.39, 0.29) is 12.5 Å². The zero-order valence-electron chi connectivity index (χ0n) is 17.9. The van der Waals surface area contributed by atoms with Gasteiger partial charge in [0.25, 0.3) is 5.91 Å². The van der Waals surface area contributed by atoms with Crippen LogP contribution in [0.2, 0.25) is 0 Å². The molecule has 0 saturated carbocycles. The average Bonchev–Trinajstić information content (AvgIpc) is 2.85. The maximum atomic E-state index is 12.7. The molecule has 0 aliphatic rings. The van der Waals surface area contributed by atoms with Gasteiger partial charge in [-0.05, 0) is 48.9 Å². The average molecular weight is 444 g/mol. The molecule has 2 N–H and O–H groups in total. The predicted octanol–water partition coefficient (Wildman–Crippen LogP) is 4.72. The molecule has 2 aromatic carbocycles. The van der Waals surface area contributed by atoms with Crippen molar-refractivity contribution in [3.05, 3.63) is 89.9 Å². The summed E-state index contributed by atoms with van der Waals surface area (Å²) in [5.41, 5.74) is 2.73. The van der Waals surface area contributed by atoms with E-state index in [9.17, 15) is 4.79 Å². The Morgan fingerprint density at radius 3 is 2.62 bits per heavy atom. The van der Waals surface area contributed by atoms with E-state index in [0.29, 0.717) is 16.4 Å². The first-order valence-corrected chi connectivity index (χ1v) is 11.8. The molecule has 32 heavy (non-hydrogen) atoms. The van der Waals surface area contributed by atoms with E-state index in [4.69, 9.17) is 4.98 Å². The van der Waals surface area contributed by atoms with Gasteiger partial charge in [0.2, 0.25) is 0 Å². The largest absolute Gasteiger partial charge is 0.369 e. The highest BCUT2D eigenvalue weighted by atomic mass is 32.2. The summed E-state index contributed by atoms with van der Waals surface area (Å²) >= 11 is 1.45. The van der Waals surface area contributed by atoms with Crippen molar-refractivity contribution in [1.29, 1.82) is 0 Å². The number of hydrogen-bond donors (Lipinski definition) is 2. The number of nitrogens with zero attached hydrogens (tertiary/aromatic N) is 3. The van der Waals surface area contributed by atoms with Crippen LogP contribution < -0.4 is 10.6 Å². The van der Waals surface area contributed by atoms with Crippen molar-refractivity contribution in [3.63, 3.8) is 0 Å². The number of pyridine rings is 1. The van der Waals surface area contributed by atoms with Crippen molar-refractivity contribution in [3.8, 4) is 0 Å². The van der Waals surface area contributed by atoms with Gasteiger partial charge in [-0.3, -0.25) is 4.79 Å². The van der Waals surface area contributed by atoms with Gasteiger partial charge in [0.15, 0.2) is 5.82 Å². The van der Waals surface area contributed by atoms with E-state index in [1.165, 1.54) is 17.3 Å². The van der Waals surface area contributed by atoms with Crippen molar-refractivity contribution in [1.82, 2.24) is 20.3 Å². The number of aryl methyl sites for hydroxylation is 1. The standard InChI is InChI=1S/C25H25N5OS/c1-32-25-20(13-8-16-27-25)24(31)28-17-22-29-21-14-6-5-12-19(21)23(30-22)26-15-7-11-18-9-3-2-4-10-18/h2-6,8-10,12-14,16H,7,11,15,17H2,1H3,(H,28,31)(H,26,29,30). The highest BCUT2D eigenvalue weighted by molar-refractivity contribution is 7.98. The molecule has 0 bridgehead atoms. The van der Waals surface area contributed by atoms with Crippen LogP contribution in [-0.4, -0.2) is 33.7 Å². The normalized spacial score (nSPS) is 10.8. The Hall–Kier alpha value is -3.45. The van der Waals surface area contributed by atoms with Crippen LogP contribution in [0.25, 0.3) is 10.9 Å². The number of rotatable bonds is 9. The second-order valence-electron chi connectivity index (χ2n) is 7.26. The summed E-state index contributed by atoms with van der Waals surface area (Å²) < 4.78 is 0. The first-order valence-electron chi connectivity index (χ1n) is 10.6. The van der Waals surface area contributed by atoms with Crippen molar-refractivity contribution < 1.29 is 4.79 Å². The van der Waals surface area contributed by atoms with Gasteiger partial charge >= 0.3 is 0 Å². The SMILES string of the molecule is CSc1ncccc1C(=O)NCc1nc(NCCCc2ccccc2)c2ccccc2n1. The summed E-state index contributed by atoms with van der Waals surface area (Å²) in [7, 11) is 0. The van der Waals surface area contributed by atoms with E-state index in [1.54, 1.807) is 18.3 Å². The fraction of sp³-hybridized carbons (Fsp3) is 0.200. The van der Waals surface area contributed by atoms with Crippen LogP contribution in [0.15, 0.2) is 78.0 Å². The summed E-state index contributed by atoms with van der Waals surface area (Å²) in [6.07, 6.45) is 5.58. The zero-order valence-corrected chi connectivity index (χ0v) is 18.7. The molecule has 2 aromatic heterocycles. The lowest BCUT2D eigenvalue weighted by molar-refractivity contribution is 0.0946. The molecule has 6 nitrogen and oxygen atoms in total. The van der Waals surface area contributed by atoms with Gasteiger partial charge in [0.05, 0.1) is 17.6 Å². The predicted molar refractivity (Wildman–Crippen MR) is 130 cm³/mol. The van der Waals surface area contributed by atoms with Crippen LogP contribution in [0.1, 0.15) is 28.2 Å². The number of hydrogen-bond acceptors (Lipinski definition) is 6. The highest BCUT2D eigenvalue weighted by Crippen LogP contribution is 2.21. The molecule has 4 rings (SSSR count). The Bertz CT molecular complexity index is 1200. The fourth-order valence-corrected chi connectivity index (χ4v) is 4.01. The second-order valence-corrected chi connectivity index (χ2v) is 8.06. The van der Waals surface area contributed by atoms with Crippen LogP contribution >= 0.6 is 11.8 Å². The van der Waals surface area contributed by atoms with E-state index in [2.05, 4.69) is 44.9 Å². The minimum atomic E-state index is -0.184. The van der Waals surface area contributed by atoms with Gasteiger partial charge in [0.1, 0.15) is 10.8 Å². The van der Waals surface area contributed by atoms with Crippen LogP contribution in [0.4, 0.5) is 5.82 Å². The van der Waals surface area contributed by atoms with E-state index in [0.717, 1.165) is 36.1 Å². The summed E-state index contributed by atoms with van der Waals surface area (Å²) in [4.78, 5) is 26.2. The van der Waals surface area contributed by atoms with E-state index >= 15 is 0 Å². The number of amides is 1. The molecule has 162 valence electrons. The molecule has 0 spiro atoms. The van der Waals surface area contributed by atoms with Crippen LogP contribution in [0, 0.1) is 0 Å².